The maximum Gasteiger partial charge on any atom is 0.253 e. The minimum atomic E-state index is 0.140. The molecule has 0 aromatic carbocycles. The Morgan fingerprint density at radius 1 is 1.14 bits per heavy atom. The molecule has 4 heteroatoms. The first-order chi connectivity index (χ1) is 10.3. The van der Waals surface area contributed by atoms with Crippen LogP contribution in [-0.4, -0.2) is 33.4 Å². The average molecular weight is 283 g/mol. The summed E-state index contributed by atoms with van der Waals surface area (Å²) >= 11 is 0. The molecule has 0 saturated carbocycles. The van der Waals surface area contributed by atoms with E-state index >= 15 is 0 Å². The fourth-order valence-electron chi connectivity index (χ4n) is 2.95. The molecule has 3 rings (SSSR count). The van der Waals surface area contributed by atoms with Crippen LogP contribution in [0.25, 0.3) is 0 Å². The lowest BCUT2D eigenvalue weighted by atomic mass is 9.93. The van der Waals surface area contributed by atoms with Gasteiger partial charge in [0.05, 0.1) is 0 Å². The van der Waals surface area contributed by atoms with Crippen LogP contribution in [0.3, 0.4) is 0 Å². The van der Waals surface area contributed by atoms with E-state index in [4.69, 9.17) is 0 Å². The number of rotatable bonds is 4. The molecule has 1 amide bonds. The van der Waals surface area contributed by atoms with Crippen LogP contribution in [0, 0.1) is 5.92 Å². The number of hydrogen-bond acceptors (Lipinski definition) is 2. The Balaban J connectivity index is 1.47. The molecule has 4 nitrogen and oxygen atoms in total. The first-order valence-electron chi connectivity index (χ1n) is 7.63. The van der Waals surface area contributed by atoms with Gasteiger partial charge in [0.1, 0.15) is 0 Å². The summed E-state index contributed by atoms with van der Waals surface area (Å²) in [6.07, 6.45) is 11.0. The summed E-state index contributed by atoms with van der Waals surface area (Å²) < 4.78 is 2.23. The predicted molar refractivity (Wildman–Crippen MR) is 81.9 cm³/mol. The Morgan fingerprint density at radius 3 is 2.48 bits per heavy atom. The van der Waals surface area contributed by atoms with E-state index in [9.17, 15) is 4.79 Å². The molecular formula is C17H21N3O. The van der Waals surface area contributed by atoms with E-state index in [1.165, 1.54) is 6.42 Å². The molecule has 1 fully saturated rings. The van der Waals surface area contributed by atoms with Crippen LogP contribution >= 0.6 is 0 Å². The number of amides is 1. The molecule has 0 atom stereocenters. The molecule has 21 heavy (non-hydrogen) atoms. The van der Waals surface area contributed by atoms with Crippen molar-refractivity contribution in [2.24, 2.45) is 5.92 Å². The highest BCUT2D eigenvalue weighted by atomic mass is 16.2. The average Bonchev–Trinajstić information content (AvgIpc) is 3.07. The standard InChI is InChI=1S/C17H21N3O/c21-17(16-3-8-18-9-4-16)20-13-6-15(7-14-20)5-12-19-10-1-2-11-19/h1-4,8-11,15H,5-7,12-14H2. The molecule has 110 valence electrons. The lowest BCUT2D eigenvalue weighted by Gasteiger charge is -2.32. The van der Waals surface area contributed by atoms with Crippen molar-refractivity contribution in [3.05, 3.63) is 54.6 Å². The van der Waals surface area contributed by atoms with E-state index in [0.29, 0.717) is 0 Å². The van der Waals surface area contributed by atoms with E-state index in [0.717, 1.165) is 44.0 Å². The molecule has 1 aliphatic heterocycles. The molecule has 2 aromatic heterocycles. The van der Waals surface area contributed by atoms with Gasteiger partial charge in [-0.1, -0.05) is 0 Å². The largest absolute Gasteiger partial charge is 0.354 e. The number of aromatic nitrogens is 2. The number of nitrogens with zero attached hydrogens (tertiary/aromatic N) is 3. The molecule has 2 aromatic rings. The summed E-state index contributed by atoms with van der Waals surface area (Å²) in [6.45, 7) is 2.82. The highest BCUT2D eigenvalue weighted by Gasteiger charge is 2.23. The predicted octanol–water partition coefficient (Wildman–Crippen LogP) is 2.83. The summed E-state index contributed by atoms with van der Waals surface area (Å²) in [7, 11) is 0. The third-order valence-electron chi connectivity index (χ3n) is 4.29. The van der Waals surface area contributed by atoms with Crippen molar-refractivity contribution in [2.75, 3.05) is 13.1 Å². The van der Waals surface area contributed by atoms with Gasteiger partial charge in [-0.3, -0.25) is 9.78 Å². The zero-order valence-corrected chi connectivity index (χ0v) is 12.2. The normalized spacial score (nSPS) is 16.1. The number of pyridine rings is 1. The van der Waals surface area contributed by atoms with Crippen LogP contribution in [0.5, 0.6) is 0 Å². The minimum Gasteiger partial charge on any atom is -0.354 e. The van der Waals surface area contributed by atoms with Gasteiger partial charge in [-0.2, -0.15) is 0 Å². The third-order valence-corrected chi connectivity index (χ3v) is 4.29. The molecule has 1 aliphatic rings. The molecule has 0 bridgehead atoms. The second kappa shape index (κ2) is 6.57. The van der Waals surface area contributed by atoms with Gasteiger partial charge in [-0.05, 0) is 49.4 Å². The molecule has 0 unspecified atom stereocenters. The maximum absolute atomic E-state index is 12.3. The summed E-state index contributed by atoms with van der Waals surface area (Å²) in [6, 6.07) is 7.72. The number of carbonyl (C=O) groups is 1. The number of likely N-dealkylation sites (tertiary alicyclic amines) is 1. The van der Waals surface area contributed by atoms with Crippen molar-refractivity contribution in [1.29, 1.82) is 0 Å². The Morgan fingerprint density at radius 2 is 1.81 bits per heavy atom. The van der Waals surface area contributed by atoms with Crippen molar-refractivity contribution in [3.63, 3.8) is 0 Å². The highest BCUT2D eigenvalue weighted by molar-refractivity contribution is 5.94. The van der Waals surface area contributed by atoms with Crippen molar-refractivity contribution in [2.45, 2.75) is 25.8 Å². The number of aryl methyl sites for hydroxylation is 1. The van der Waals surface area contributed by atoms with Gasteiger partial charge in [-0.15, -0.1) is 0 Å². The fourth-order valence-corrected chi connectivity index (χ4v) is 2.95. The SMILES string of the molecule is O=C(c1ccncc1)N1CCC(CCn2cccc2)CC1. The van der Waals surface area contributed by atoms with Crippen LogP contribution in [0.2, 0.25) is 0 Å². The van der Waals surface area contributed by atoms with Crippen molar-refractivity contribution in [1.82, 2.24) is 14.5 Å². The topological polar surface area (TPSA) is 38.1 Å². The Hall–Kier alpha value is -2.10. The Labute approximate surface area is 125 Å². The minimum absolute atomic E-state index is 0.140. The second-order valence-corrected chi connectivity index (χ2v) is 5.68. The van der Waals surface area contributed by atoms with Gasteiger partial charge in [-0.25, -0.2) is 0 Å². The zero-order chi connectivity index (χ0) is 14.5. The number of carbonyl (C=O) groups excluding carboxylic acids is 1. The lowest BCUT2D eigenvalue weighted by Crippen LogP contribution is -2.38. The third kappa shape index (κ3) is 3.51. The molecule has 0 aliphatic carbocycles. The molecular weight excluding hydrogens is 262 g/mol. The van der Waals surface area contributed by atoms with Crippen molar-refractivity contribution < 1.29 is 4.79 Å². The number of piperidine rings is 1. The van der Waals surface area contributed by atoms with Crippen LogP contribution in [0.15, 0.2) is 49.1 Å². The zero-order valence-electron chi connectivity index (χ0n) is 12.2. The smallest absolute Gasteiger partial charge is 0.253 e. The first kappa shape index (κ1) is 13.9. The summed E-state index contributed by atoms with van der Waals surface area (Å²) in [5.41, 5.74) is 0.746. The van der Waals surface area contributed by atoms with E-state index in [-0.39, 0.29) is 5.91 Å². The van der Waals surface area contributed by atoms with Gasteiger partial charge >= 0.3 is 0 Å². The van der Waals surface area contributed by atoms with E-state index in [2.05, 4.69) is 34.1 Å². The first-order valence-corrected chi connectivity index (χ1v) is 7.63. The molecule has 0 radical (unpaired) electrons. The van der Waals surface area contributed by atoms with Gasteiger partial charge in [0.2, 0.25) is 0 Å². The van der Waals surface area contributed by atoms with Crippen molar-refractivity contribution in [3.8, 4) is 0 Å². The van der Waals surface area contributed by atoms with E-state index in [1.54, 1.807) is 24.5 Å². The monoisotopic (exact) mass is 283 g/mol. The lowest BCUT2D eigenvalue weighted by molar-refractivity contribution is 0.0685. The highest BCUT2D eigenvalue weighted by Crippen LogP contribution is 2.22. The molecule has 3 heterocycles. The van der Waals surface area contributed by atoms with Gasteiger partial charge in [0.25, 0.3) is 5.91 Å². The number of hydrogen-bond donors (Lipinski definition) is 0. The molecule has 1 saturated heterocycles. The fraction of sp³-hybridized carbons (Fsp3) is 0.412. The molecule has 0 spiro atoms. The Kier molecular flexibility index (Phi) is 4.34. The van der Waals surface area contributed by atoms with Crippen LogP contribution in [0.1, 0.15) is 29.6 Å². The summed E-state index contributed by atoms with van der Waals surface area (Å²) in [5.74, 6) is 0.871. The Bertz CT molecular complexity index is 557. The maximum atomic E-state index is 12.3. The second-order valence-electron chi connectivity index (χ2n) is 5.68. The van der Waals surface area contributed by atoms with Gasteiger partial charge in [0, 0.05) is 50.0 Å². The van der Waals surface area contributed by atoms with Gasteiger partial charge < -0.3 is 9.47 Å². The van der Waals surface area contributed by atoms with Crippen molar-refractivity contribution >= 4 is 5.91 Å². The van der Waals surface area contributed by atoms with E-state index in [1.807, 2.05) is 4.90 Å². The van der Waals surface area contributed by atoms with E-state index < -0.39 is 0 Å². The molecule has 0 N–H and O–H groups in total. The van der Waals surface area contributed by atoms with Crippen LogP contribution < -0.4 is 0 Å². The quantitative estimate of drug-likeness (QED) is 0.865. The van der Waals surface area contributed by atoms with Crippen LogP contribution in [-0.2, 0) is 6.54 Å². The summed E-state index contributed by atoms with van der Waals surface area (Å²) in [4.78, 5) is 18.3. The van der Waals surface area contributed by atoms with Crippen LogP contribution in [0.4, 0.5) is 0 Å². The van der Waals surface area contributed by atoms with Gasteiger partial charge in [0.15, 0.2) is 0 Å². The summed E-state index contributed by atoms with van der Waals surface area (Å²) in [5, 5.41) is 0.